The van der Waals surface area contributed by atoms with Gasteiger partial charge in [-0.05, 0) is 44.7 Å². The molecule has 3 rings (SSSR count). The number of nitrogens with two attached hydrogens (primary N) is 1. The van der Waals surface area contributed by atoms with Gasteiger partial charge in [-0.25, -0.2) is 0 Å². The van der Waals surface area contributed by atoms with E-state index in [1.165, 1.54) is 0 Å². The predicted molar refractivity (Wildman–Crippen MR) is 96.3 cm³/mol. The Balaban J connectivity index is 1.59. The molecule has 0 aromatic carbocycles. The van der Waals surface area contributed by atoms with Gasteiger partial charge in [0.1, 0.15) is 0 Å². The molecule has 25 heavy (non-hydrogen) atoms. The smallest absolute Gasteiger partial charge is 0.230 e. The zero-order valence-corrected chi connectivity index (χ0v) is 15.3. The molecule has 0 radical (unpaired) electrons. The van der Waals surface area contributed by atoms with E-state index < -0.39 is 5.41 Å². The molecule has 0 unspecified atom stereocenters. The molecule has 1 aromatic heterocycles. The number of rotatable bonds is 4. The summed E-state index contributed by atoms with van der Waals surface area (Å²) >= 11 is 0. The molecule has 2 aliphatic rings. The van der Waals surface area contributed by atoms with E-state index in [1.54, 1.807) is 0 Å². The number of ether oxygens (including phenoxy) is 1. The fourth-order valence-corrected chi connectivity index (χ4v) is 3.83. The first-order chi connectivity index (χ1) is 12.1. The molecule has 0 spiro atoms. The van der Waals surface area contributed by atoms with Crippen molar-refractivity contribution in [2.24, 2.45) is 11.1 Å². The van der Waals surface area contributed by atoms with Gasteiger partial charge in [0.2, 0.25) is 5.91 Å². The van der Waals surface area contributed by atoms with Crippen LogP contribution in [0.4, 0.5) is 5.82 Å². The quantitative estimate of drug-likeness (QED) is 0.874. The number of carbonyl (C=O) groups is 1. The van der Waals surface area contributed by atoms with Gasteiger partial charge in [0.05, 0.1) is 11.1 Å². The normalized spacial score (nSPS) is 21.2. The Labute approximate surface area is 149 Å². The van der Waals surface area contributed by atoms with Crippen molar-refractivity contribution in [1.82, 2.24) is 15.1 Å². The van der Waals surface area contributed by atoms with Crippen LogP contribution in [0.5, 0.6) is 0 Å². The van der Waals surface area contributed by atoms with Gasteiger partial charge in [0.25, 0.3) is 0 Å². The minimum Gasteiger partial charge on any atom is -0.381 e. The van der Waals surface area contributed by atoms with E-state index in [-0.39, 0.29) is 5.91 Å². The third-order valence-corrected chi connectivity index (χ3v) is 5.74. The largest absolute Gasteiger partial charge is 0.381 e. The molecule has 2 N–H and O–H groups in total. The van der Waals surface area contributed by atoms with Crippen molar-refractivity contribution in [2.45, 2.75) is 38.6 Å². The van der Waals surface area contributed by atoms with Crippen molar-refractivity contribution in [2.75, 3.05) is 44.8 Å². The number of piperidine rings is 1. The van der Waals surface area contributed by atoms with Crippen molar-refractivity contribution in [3.05, 3.63) is 17.8 Å². The average molecular weight is 347 g/mol. The van der Waals surface area contributed by atoms with E-state index in [2.05, 4.69) is 22.1 Å². The van der Waals surface area contributed by atoms with E-state index in [4.69, 9.17) is 10.5 Å². The van der Waals surface area contributed by atoms with Crippen LogP contribution in [0.15, 0.2) is 12.1 Å². The summed E-state index contributed by atoms with van der Waals surface area (Å²) in [5.74, 6) is 1.10. The van der Waals surface area contributed by atoms with Crippen molar-refractivity contribution in [3.8, 4) is 0 Å². The molecule has 2 saturated heterocycles. The molecule has 2 aliphatic heterocycles. The van der Waals surface area contributed by atoms with Crippen molar-refractivity contribution >= 4 is 11.7 Å². The standard InChI is InChI=1S/C18H29N5O2/c1-14-3-4-16(21-20-14)22(2)15-5-9-23(10-6-15)17(24)18(13-19)7-11-25-12-8-18/h3-4,15H,5-13,19H2,1-2H3. The van der Waals surface area contributed by atoms with Crippen LogP contribution in [0, 0.1) is 12.3 Å². The zero-order chi connectivity index (χ0) is 17.9. The second kappa shape index (κ2) is 7.66. The van der Waals surface area contributed by atoms with E-state index >= 15 is 0 Å². The van der Waals surface area contributed by atoms with Crippen LogP contribution >= 0.6 is 0 Å². The van der Waals surface area contributed by atoms with E-state index in [0.29, 0.717) is 25.8 Å². The summed E-state index contributed by atoms with van der Waals surface area (Å²) in [5, 5.41) is 8.41. The summed E-state index contributed by atoms with van der Waals surface area (Å²) in [7, 11) is 2.06. The topological polar surface area (TPSA) is 84.6 Å². The summed E-state index contributed by atoms with van der Waals surface area (Å²) < 4.78 is 5.42. The lowest BCUT2D eigenvalue weighted by atomic mass is 9.78. The lowest BCUT2D eigenvalue weighted by Gasteiger charge is -2.43. The van der Waals surface area contributed by atoms with E-state index in [1.807, 2.05) is 24.0 Å². The minimum absolute atomic E-state index is 0.217. The summed E-state index contributed by atoms with van der Waals surface area (Å²) in [5.41, 5.74) is 6.48. The molecule has 138 valence electrons. The van der Waals surface area contributed by atoms with Gasteiger partial charge >= 0.3 is 0 Å². The Hall–Kier alpha value is -1.73. The molecule has 7 nitrogen and oxygen atoms in total. The van der Waals surface area contributed by atoms with Crippen LogP contribution in [0.1, 0.15) is 31.4 Å². The second-order valence-corrected chi connectivity index (χ2v) is 7.26. The number of likely N-dealkylation sites (tertiary alicyclic amines) is 1. The van der Waals surface area contributed by atoms with Gasteiger partial charge in [-0.2, -0.15) is 5.10 Å². The van der Waals surface area contributed by atoms with Crippen LogP contribution in [0.25, 0.3) is 0 Å². The number of hydrogen-bond donors (Lipinski definition) is 1. The number of anilines is 1. The molecular weight excluding hydrogens is 318 g/mol. The van der Waals surface area contributed by atoms with Crippen LogP contribution in [0.3, 0.4) is 0 Å². The minimum atomic E-state index is -0.417. The van der Waals surface area contributed by atoms with Crippen LogP contribution < -0.4 is 10.6 Å². The van der Waals surface area contributed by atoms with Gasteiger partial charge in [0.15, 0.2) is 5.82 Å². The third-order valence-electron chi connectivity index (χ3n) is 5.74. The highest BCUT2D eigenvalue weighted by molar-refractivity contribution is 5.83. The summed E-state index contributed by atoms with van der Waals surface area (Å²) in [6, 6.07) is 4.36. The van der Waals surface area contributed by atoms with E-state index in [0.717, 1.165) is 50.3 Å². The molecule has 7 heteroatoms. The molecular formula is C18H29N5O2. The van der Waals surface area contributed by atoms with Gasteiger partial charge in [-0.1, -0.05) is 0 Å². The Morgan fingerprint density at radius 2 is 2.00 bits per heavy atom. The summed E-state index contributed by atoms with van der Waals surface area (Å²) in [4.78, 5) is 17.2. The Kier molecular flexibility index (Phi) is 5.54. The average Bonchev–Trinajstić information content (AvgIpc) is 2.68. The van der Waals surface area contributed by atoms with Crippen molar-refractivity contribution in [1.29, 1.82) is 0 Å². The number of amides is 1. The summed E-state index contributed by atoms with van der Waals surface area (Å²) in [6.07, 6.45) is 3.35. The highest BCUT2D eigenvalue weighted by atomic mass is 16.5. The highest BCUT2D eigenvalue weighted by Gasteiger charge is 2.42. The first-order valence-electron chi connectivity index (χ1n) is 9.16. The number of carbonyl (C=O) groups excluding carboxylic acids is 1. The maximum Gasteiger partial charge on any atom is 0.230 e. The summed E-state index contributed by atoms with van der Waals surface area (Å²) in [6.45, 7) is 5.16. The van der Waals surface area contributed by atoms with Crippen LogP contribution in [-0.4, -0.2) is 66.9 Å². The van der Waals surface area contributed by atoms with Gasteiger partial charge in [0, 0.05) is 45.9 Å². The molecule has 0 bridgehead atoms. The van der Waals surface area contributed by atoms with E-state index in [9.17, 15) is 4.79 Å². The Morgan fingerprint density at radius 1 is 1.32 bits per heavy atom. The number of nitrogens with zero attached hydrogens (tertiary/aromatic N) is 4. The molecule has 0 saturated carbocycles. The van der Waals surface area contributed by atoms with Gasteiger partial charge in [-0.15, -0.1) is 5.10 Å². The molecule has 0 aliphatic carbocycles. The molecule has 1 amide bonds. The SMILES string of the molecule is Cc1ccc(N(C)C2CCN(C(=O)C3(CN)CCOCC3)CC2)nn1. The molecule has 1 aromatic rings. The van der Waals surface area contributed by atoms with Crippen molar-refractivity contribution in [3.63, 3.8) is 0 Å². The van der Waals surface area contributed by atoms with Gasteiger partial charge < -0.3 is 20.3 Å². The Bertz CT molecular complexity index is 578. The highest BCUT2D eigenvalue weighted by Crippen LogP contribution is 2.33. The number of hydrogen-bond acceptors (Lipinski definition) is 6. The fourth-order valence-electron chi connectivity index (χ4n) is 3.83. The Morgan fingerprint density at radius 3 is 2.56 bits per heavy atom. The first kappa shape index (κ1) is 18.1. The number of aryl methyl sites for hydroxylation is 1. The molecule has 0 atom stereocenters. The maximum absolute atomic E-state index is 13.0. The first-order valence-corrected chi connectivity index (χ1v) is 9.16. The predicted octanol–water partition coefficient (Wildman–Crippen LogP) is 0.968. The lowest BCUT2D eigenvalue weighted by Crippen LogP contribution is -2.54. The van der Waals surface area contributed by atoms with Crippen LogP contribution in [-0.2, 0) is 9.53 Å². The lowest BCUT2D eigenvalue weighted by molar-refractivity contribution is -0.148. The monoisotopic (exact) mass is 347 g/mol. The molecule has 3 heterocycles. The van der Waals surface area contributed by atoms with Gasteiger partial charge in [-0.3, -0.25) is 4.79 Å². The zero-order valence-electron chi connectivity index (χ0n) is 15.3. The third kappa shape index (κ3) is 3.77. The maximum atomic E-state index is 13.0. The van der Waals surface area contributed by atoms with Crippen LogP contribution in [0.2, 0.25) is 0 Å². The fraction of sp³-hybridized carbons (Fsp3) is 0.722. The number of aromatic nitrogens is 2. The second-order valence-electron chi connectivity index (χ2n) is 7.26. The van der Waals surface area contributed by atoms with Crippen molar-refractivity contribution < 1.29 is 9.53 Å². The molecule has 2 fully saturated rings.